The standard InChI is InChI=1S/C30H37FN8O/c31-22-13-15-23(16-14-22)36-17-19-37(20-18-36)27(40)12-6-11-26-33-34-30-38(26)25-10-5-4-9-24(25)29-32-28(35-39(29)30)21-7-2-1-3-8-21/h1-3,7-8,13-16,24-25,28-29,32,35H,4-6,9-12,17-20H2. The lowest BCUT2D eigenvalue weighted by molar-refractivity contribution is -0.131. The van der Waals surface area contributed by atoms with Gasteiger partial charge in [-0.25, -0.2) is 9.82 Å². The number of carbonyl (C=O) groups excluding carboxylic acids is 1. The number of hydrogen-bond acceptors (Lipinski definition) is 7. The van der Waals surface area contributed by atoms with E-state index in [1.807, 2.05) is 11.0 Å². The third-order valence-corrected chi connectivity index (χ3v) is 9.11. The van der Waals surface area contributed by atoms with Crippen LogP contribution < -0.4 is 20.7 Å². The number of aryl methyl sites for hydroxylation is 1. The molecule has 0 bridgehead atoms. The summed E-state index contributed by atoms with van der Waals surface area (Å²) in [5.41, 5.74) is 5.88. The van der Waals surface area contributed by atoms with E-state index in [0.29, 0.717) is 31.5 Å². The second kappa shape index (κ2) is 10.8. The zero-order valence-corrected chi connectivity index (χ0v) is 22.8. The molecule has 1 aliphatic carbocycles. The first-order valence-electron chi connectivity index (χ1n) is 14.7. The lowest BCUT2D eigenvalue weighted by Crippen LogP contribution is -2.53. The van der Waals surface area contributed by atoms with Crippen molar-refractivity contribution in [2.75, 3.05) is 36.1 Å². The monoisotopic (exact) mass is 544 g/mol. The maximum Gasteiger partial charge on any atom is 0.243 e. The Bertz CT molecular complexity index is 1320. The summed E-state index contributed by atoms with van der Waals surface area (Å²) in [6, 6.07) is 17.5. The summed E-state index contributed by atoms with van der Waals surface area (Å²) < 4.78 is 15.6. The van der Waals surface area contributed by atoms with Crippen molar-refractivity contribution >= 4 is 17.5 Å². The molecule has 10 heteroatoms. The van der Waals surface area contributed by atoms with Crippen molar-refractivity contribution in [1.82, 2.24) is 30.4 Å². The third kappa shape index (κ3) is 4.73. The van der Waals surface area contributed by atoms with Gasteiger partial charge in [-0.15, -0.1) is 10.2 Å². The average Bonchev–Trinajstić information content (AvgIpc) is 3.64. The minimum atomic E-state index is -0.227. The molecule has 40 heavy (non-hydrogen) atoms. The molecule has 0 spiro atoms. The summed E-state index contributed by atoms with van der Waals surface area (Å²) in [5, 5.41) is 15.3. The zero-order chi connectivity index (χ0) is 27.1. The van der Waals surface area contributed by atoms with Crippen LogP contribution in [0.3, 0.4) is 0 Å². The minimum absolute atomic E-state index is 0.0432. The third-order valence-electron chi connectivity index (χ3n) is 9.11. The predicted octanol–water partition coefficient (Wildman–Crippen LogP) is 3.77. The summed E-state index contributed by atoms with van der Waals surface area (Å²) in [6.45, 7) is 2.91. The number of anilines is 2. The number of carbonyl (C=O) groups is 1. The van der Waals surface area contributed by atoms with Crippen LogP contribution in [0.2, 0.25) is 0 Å². The van der Waals surface area contributed by atoms with Crippen LogP contribution in [0.5, 0.6) is 0 Å². The molecule has 3 aliphatic heterocycles. The minimum Gasteiger partial charge on any atom is -0.368 e. The molecule has 7 rings (SSSR count). The van der Waals surface area contributed by atoms with Gasteiger partial charge in [-0.3, -0.25) is 19.7 Å². The molecule has 4 aliphatic rings. The second-order valence-electron chi connectivity index (χ2n) is 11.5. The first-order valence-corrected chi connectivity index (χ1v) is 14.7. The Morgan fingerprint density at radius 1 is 0.950 bits per heavy atom. The molecule has 4 unspecified atom stereocenters. The van der Waals surface area contributed by atoms with Crippen LogP contribution in [0.25, 0.3) is 0 Å². The van der Waals surface area contributed by atoms with Crippen LogP contribution in [0.1, 0.15) is 62.1 Å². The van der Waals surface area contributed by atoms with Gasteiger partial charge in [-0.2, -0.15) is 0 Å². The smallest absolute Gasteiger partial charge is 0.243 e. The van der Waals surface area contributed by atoms with Gasteiger partial charge in [0, 0.05) is 56.7 Å². The fraction of sp³-hybridized carbons (Fsp3) is 0.500. The lowest BCUT2D eigenvalue weighted by atomic mass is 9.81. The number of benzene rings is 2. The van der Waals surface area contributed by atoms with Crippen molar-refractivity contribution in [2.24, 2.45) is 5.92 Å². The van der Waals surface area contributed by atoms with E-state index in [4.69, 9.17) is 0 Å². The van der Waals surface area contributed by atoms with E-state index in [1.54, 1.807) is 12.1 Å². The van der Waals surface area contributed by atoms with Crippen LogP contribution in [-0.4, -0.2) is 57.9 Å². The zero-order valence-electron chi connectivity index (χ0n) is 22.8. The number of halogens is 1. The summed E-state index contributed by atoms with van der Waals surface area (Å²) >= 11 is 0. The molecule has 4 heterocycles. The molecular weight excluding hydrogens is 507 g/mol. The number of nitrogens with one attached hydrogen (secondary N) is 2. The molecule has 2 N–H and O–H groups in total. The number of hydrazine groups is 1. The van der Waals surface area contributed by atoms with Crippen LogP contribution in [0.4, 0.5) is 16.0 Å². The van der Waals surface area contributed by atoms with E-state index >= 15 is 0 Å². The molecular formula is C30H37FN8O. The Morgan fingerprint density at radius 2 is 1.73 bits per heavy atom. The highest BCUT2D eigenvalue weighted by Gasteiger charge is 2.48. The largest absolute Gasteiger partial charge is 0.368 e. The van der Waals surface area contributed by atoms with Crippen molar-refractivity contribution in [3.63, 3.8) is 0 Å². The van der Waals surface area contributed by atoms with E-state index in [9.17, 15) is 9.18 Å². The van der Waals surface area contributed by atoms with Gasteiger partial charge in [0.15, 0.2) is 0 Å². The fourth-order valence-corrected chi connectivity index (χ4v) is 7.05. The first-order chi connectivity index (χ1) is 19.7. The van der Waals surface area contributed by atoms with Gasteiger partial charge in [0.05, 0.1) is 0 Å². The lowest BCUT2D eigenvalue weighted by Gasteiger charge is -2.44. The second-order valence-corrected chi connectivity index (χ2v) is 11.5. The quantitative estimate of drug-likeness (QED) is 0.489. The van der Waals surface area contributed by atoms with E-state index in [1.165, 1.54) is 37.0 Å². The molecule has 1 aromatic heterocycles. The molecule has 1 saturated carbocycles. The van der Waals surface area contributed by atoms with E-state index < -0.39 is 0 Å². The molecule has 4 atom stereocenters. The summed E-state index contributed by atoms with van der Waals surface area (Å²) in [7, 11) is 0. The predicted molar refractivity (Wildman–Crippen MR) is 151 cm³/mol. The summed E-state index contributed by atoms with van der Waals surface area (Å²) in [4.78, 5) is 17.2. The number of fused-ring (bicyclic) bond motifs is 6. The van der Waals surface area contributed by atoms with Crippen LogP contribution in [-0.2, 0) is 11.2 Å². The van der Waals surface area contributed by atoms with Gasteiger partial charge in [-0.05, 0) is 49.1 Å². The molecule has 3 aromatic rings. The Morgan fingerprint density at radius 3 is 2.52 bits per heavy atom. The van der Waals surface area contributed by atoms with Crippen LogP contribution >= 0.6 is 0 Å². The highest BCUT2D eigenvalue weighted by molar-refractivity contribution is 5.76. The topological polar surface area (TPSA) is 81.6 Å². The van der Waals surface area contributed by atoms with Crippen molar-refractivity contribution < 1.29 is 9.18 Å². The summed E-state index contributed by atoms with van der Waals surface area (Å²) in [5.74, 6) is 2.33. The van der Waals surface area contributed by atoms with Gasteiger partial charge in [0.25, 0.3) is 0 Å². The fourth-order valence-electron chi connectivity index (χ4n) is 7.05. The van der Waals surface area contributed by atoms with Gasteiger partial charge >= 0.3 is 0 Å². The maximum absolute atomic E-state index is 13.3. The SMILES string of the molecule is O=C(CCCc1nnc2n1C1CCCCC1C1NC(c3ccccc3)NN21)N1CCN(c2ccc(F)cc2)CC1. The molecule has 2 aromatic carbocycles. The summed E-state index contributed by atoms with van der Waals surface area (Å²) in [6.07, 6.45) is 7.04. The van der Waals surface area contributed by atoms with Gasteiger partial charge < -0.3 is 9.80 Å². The van der Waals surface area contributed by atoms with E-state index in [-0.39, 0.29) is 24.1 Å². The van der Waals surface area contributed by atoms with E-state index in [2.05, 4.69) is 59.7 Å². The number of aromatic nitrogens is 3. The maximum atomic E-state index is 13.3. The molecule has 3 fully saturated rings. The highest BCUT2D eigenvalue weighted by Crippen LogP contribution is 2.45. The van der Waals surface area contributed by atoms with Crippen molar-refractivity contribution in [1.29, 1.82) is 0 Å². The van der Waals surface area contributed by atoms with Gasteiger partial charge in [0.2, 0.25) is 11.9 Å². The first kappa shape index (κ1) is 25.5. The Kier molecular flexibility index (Phi) is 6.89. The molecule has 2 saturated heterocycles. The number of rotatable bonds is 6. The van der Waals surface area contributed by atoms with Crippen molar-refractivity contribution in [2.45, 2.75) is 63.3 Å². The van der Waals surface area contributed by atoms with Crippen LogP contribution in [0.15, 0.2) is 54.6 Å². The number of piperazine rings is 1. The van der Waals surface area contributed by atoms with Gasteiger partial charge in [-0.1, -0.05) is 43.2 Å². The molecule has 9 nitrogen and oxygen atoms in total. The molecule has 1 amide bonds. The average molecular weight is 545 g/mol. The van der Waals surface area contributed by atoms with Crippen molar-refractivity contribution in [3.8, 4) is 0 Å². The number of nitrogens with zero attached hydrogens (tertiary/aromatic N) is 6. The Balaban J connectivity index is 0.990. The van der Waals surface area contributed by atoms with Gasteiger partial charge in [0.1, 0.15) is 24.0 Å². The normalized spacial score (nSPS) is 25.9. The number of hydrogen-bond donors (Lipinski definition) is 2. The Labute approximate surface area is 234 Å². The van der Waals surface area contributed by atoms with E-state index in [0.717, 1.165) is 49.8 Å². The Hall–Kier alpha value is -3.50. The highest BCUT2D eigenvalue weighted by atomic mass is 19.1. The molecule has 0 radical (unpaired) electrons. The molecule has 210 valence electrons. The number of amides is 1. The van der Waals surface area contributed by atoms with Crippen LogP contribution in [0, 0.1) is 11.7 Å². The van der Waals surface area contributed by atoms with Crippen molar-refractivity contribution in [3.05, 3.63) is 71.8 Å².